The number of carbonyl (C=O) groups excluding carboxylic acids is 1. The molecule has 1 saturated carbocycles. The standard InChI is InChI=1S/C21H28N6O2/c1-25(2)18-8-9-19(24-23-18)26-11-13-27(14-12-26)21(28)16-7-10-20(22-15-16)29-17-5-3-4-6-17/h7-10,15,17H,3-6,11-14H2,1-2H3. The van der Waals surface area contributed by atoms with Gasteiger partial charge in [0, 0.05) is 52.5 Å². The van der Waals surface area contributed by atoms with E-state index in [0.29, 0.717) is 24.5 Å². The summed E-state index contributed by atoms with van der Waals surface area (Å²) in [5, 5.41) is 8.54. The minimum absolute atomic E-state index is 0.0126. The highest BCUT2D eigenvalue weighted by Crippen LogP contribution is 2.23. The zero-order valence-corrected chi connectivity index (χ0v) is 17.1. The van der Waals surface area contributed by atoms with Crippen LogP contribution in [0, 0.1) is 0 Å². The van der Waals surface area contributed by atoms with E-state index in [0.717, 1.165) is 37.6 Å². The first kappa shape index (κ1) is 19.4. The lowest BCUT2D eigenvalue weighted by atomic mass is 10.2. The fraction of sp³-hybridized carbons (Fsp3) is 0.524. The summed E-state index contributed by atoms with van der Waals surface area (Å²) in [5.74, 6) is 2.30. The topological polar surface area (TPSA) is 74.7 Å². The molecule has 0 aromatic carbocycles. The number of nitrogens with zero attached hydrogens (tertiary/aromatic N) is 6. The van der Waals surface area contributed by atoms with E-state index in [1.54, 1.807) is 6.20 Å². The number of hydrogen-bond acceptors (Lipinski definition) is 7. The quantitative estimate of drug-likeness (QED) is 0.767. The third-order valence-electron chi connectivity index (χ3n) is 5.56. The molecule has 2 aromatic heterocycles. The van der Waals surface area contributed by atoms with Crippen molar-refractivity contribution in [1.29, 1.82) is 0 Å². The molecule has 8 nitrogen and oxygen atoms in total. The van der Waals surface area contributed by atoms with E-state index in [9.17, 15) is 4.79 Å². The van der Waals surface area contributed by atoms with Crippen LogP contribution in [-0.4, -0.2) is 72.4 Å². The van der Waals surface area contributed by atoms with Gasteiger partial charge in [-0.25, -0.2) is 4.98 Å². The number of hydrogen-bond donors (Lipinski definition) is 0. The maximum atomic E-state index is 12.8. The molecule has 29 heavy (non-hydrogen) atoms. The molecule has 1 aliphatic heterocycles. The Bertz CT molecular complexity index is 810. The first-order valence-electron chi connectivity index (χ1n) is 10.3. The Morgan fingerprint density at radius 3 is 2.38 bits per heavy atom. The van der Waals surface area contributed by atoms with Gasteiger partial charge in [0.05, 0.1) is 5.56 Å². The Morgan fingerprint density at radius 2 is 1.79 bits per heavy atom. The molecule has 0 radical (unpaired) electrons. The lowest BCUT2D eigenvalue weighted by Crippen LogP contribution is -2.49. The van der Waals surface area contributed by atoms with Crippen molar-refractivity contribution in [2.24, 2.45) is 0 Å². The largest absolute Gasteiger partial charge is 0.474 e. The predicted octanol–water partition coefficient (Wildman–Crippen LogP) is 2.22. The first-order chi connectivity index (χ1) is 14.1. The van der Waals surface area contributed by atoms with Gasteiger partial charge >= 0.3 is 0 Å². The van der Waals surface area contributed by atoms with Gasteiger partial charge in [-0.3, -0.25) is 4.79 Å². The fourth-order valence-corrected chi connectivity index (χ4v) is 3.80. The van der Waals surface area contributed by atoms with Gasteiger partial charge in [0.15, 0.2) is 11.6 Å². The summed E-state index contributed by atoms with van der Waals surface area (Å²) < 4.78 is 5.88. The highest BCUT2D eigenvalue weighted by atomic mass is 16.5. The van der Waals surface area contributed by atoms with Gasteiger partial charge in [0.2, 0.25) is 5.88 Å². The zero-order chi connectivity index (χ0) is 20.2. The van der Waals surface area contributed by atoms with E-state index in [4.69, 9.17) is 4.74 Å². The SMILES string of the molecule is CN(C)c1ccc(N2CCN(C(=O)c3ccc(OC4CCCC4)nc3)CC2)nn1. The number of pyridine rings is 1. The summed E-state index contributed by atoms with van der Waals surface area (Å²) in [5.41, 5.74) is 0.604. The van der Waals surface area contributed by atoms with Crippen molar-refractivity contribution >= 4 is 17.5 Å². The van der Waals surface area contributed by atoms with Crippen molar-refractivity contribution < 1.29 is 9.53 Å². The van der Waals surface area contributed by atoms with Crippen molar-refractivity contribution in [3.8, 4) is 5.88 Å². The maximum absolute atomic E-state index is 12.8. The van der Waals surface area contributed by atoms with E-state index >= 15 is 0 Å². The third-order valence-corrected chi connectivity index (χ3v) is 5.56. The highest BCUT2D eigenvalue weighted by molar-refractivity contribution is 5.94. The Morgan fingerprint density at radius 1 is 1.03 bits per heavy atom. The lowest BCUT2D eigenvalue weighted by molar-refractivity contribution is 0.0746. The number of carbonyl (C=O) groups is 1. The molecule has 0 unspecified atom stereocenters. The van der Waals surface area contributed by atoms with Crippen LogP contribution in [0.2, 0.25) is 0 Å². The van der Waals surface area contributed by atoms with Crippen LogP contribution in [0.25, 0.3) is 0 Å². The molecule has 0 atom stereocenters. The van der Waals surface area contributed by atoms with Gasteiger partial charge in [-0.15, -0.1) is 10.2 Å². The van der Waals surface area contributed by atoms with E-state index in [-0.39, 0.29) is 12.0 Å². The van der Waals surface area contributed by atoms with Crippen LogP contribution in [-0.2, 0) is 0 Å². The molecule has 154 valence electrons. The number of rotatable bonds is 5. The molecule has 1 aliphatic carbocycles. The average Bonchev–Trinajstić information content (AvgIpc) is 3.27. The molecule has 4 rings (SSSR count). The number of anilines is 2. The number of ether oxygens (including phenoxy) is 1. The van der Waals surface area contributed by atoms with Crippen molar-refractivity contribution in [2.75, 3.05) is 50.1 Å². The summed E-state index contributed by atoms with van der Waals surface area (Å²) in [4.78, 5) is 23.1. The van der Waals surface area contributed by atoms with E-state index in [1.807, 2.05) is 48.2 Å². The zero-order valence-electron chi connectivity index (χ0n) is 17.1. The van der Waals surface area contributed by atoms with Gasteiger partial charge in [0.1, 0.15) is 6.10 Å². The highest BCUT2D eigenvalue weighted by Gasteiger charge is 2.24. The van der Waals surface area contributed by atoms with Gasteiger partial charge in [-0.05, 0) is 43.9 Å². The summed E-state index contributed by atoms with van der Waals surface area (Å²) >= 11 is 0. The molecule has 0 spiro atoms. The van der Waals surface area contributed by atoms with Crippen LogP contribution in [0.1, 0.15) is 36.0 Å². The number of piperazine rings is 1. The van der Waals surface area contributed by atoms with Crippen LogP contribution in [0.15, 0.2) is 30.5 Å². The van der Waals surface area contributed by atoms with Crippen LogP contribution in [0.3, 0.4) is 0 Å². The van der Waals surface area contributed by atoms with Crippen LogP contribution < -0.4 is 14.5 Å². The fourth-order valence-electron chi connectivity index (χ4n) is 3.80. The lowest BCUT2D eigenvalue weighted by Gasteiger charge is -2.35. The van der Waals surface area contributed by atoms with Crippen LogP contribution in [0.5, 0.6) is 5.88 Å². The minimum Gasteiger partial charge on any atom is -0.474 e. The molecule has 0 bridgehead atoms. The summed E-state index contributed by atoms with van der Waals surface area (Å²) in [6.07, 6.45) is 6.53. The molecular formula is C21H28N6O2. The van der Waals surface area contributed by atoms with Crippen molar-refractivity contribution in [3.63, 3.8) is 0 Å². The Labute approximate surface area is 171 Å². The van der Waals surface area contributed by atoms with Gasteiger partial charge in [-0.1, -0.05) is 0 Å². The van der Waals surface area contributed by atoms with E-state index in [2.05, 4.69) is 20.1 Å². The normalized spacial score (nSPS) is 17.4. The molecule has 3 heterocycles. The third kappa shape index (κ3) is 4.58. The van der Waals surface area contributed by atoms with Gasteiger partial charge in [-0.2, -0.15) is 0 Å². The van der Waals surface area contributed by atoms with Crippen molar-refractivity contribution in [3.05, 3.63) is 36.0 Å². The van der Waals surface area contributed by atoms with Crippen LogP contribution >= 0.6 is 0 Å². The van der Waals surface area contributed by atoms with Crippen LogP contribution in [0.4, 0.5) is 11.6 Å². The predicted molar refractivity (Wildman–Crippen MR) is 112 cm³/mol. The monoisotopic (exact) mass is 396 g/mol. The Balaban J connectivity index is 1.31. The number of amides is 1. The maximum Gasteiger partial charge on any atom is 0.255 e. The van der Waals surface area contributed by atoms with E-state index in [1.165, 1.54) is 12.8 Å². The second kappa shape index (κ2) is 8.63. The van der Waals surface area contributed by atoms with Crippen molar-refractivity contribution in [2.45, 2.75) is 31.8 Å². The molecule has 1 amide bonds. The molecule has 0 N–H and O–H groups in total. The summed E-state index contributed by atoms with van der Waals surface area (Å²) in [6.45, 7) is 2.77. The van der Waals surface area contributed by atoms with E-state index < -0.39 is 0 Å². The van der Waals surface area contributed by atoms with Gasteiger partial charge in [0.25, 0.3) is 5.91 Å². The molecule has 2 fully saturated rings. The summed E-state index contributed by atoms with van der Waals surface area (Å²) in [7, 11) is 3.88. The second-order valence-electron chi connectivity index (χ2n) is 7.83. The second-order valence-corrected chi connectivity index (χ2v) is 7.83. The molecule has 2 aromatic rings. The molecule has 1 saturated heterocycles. The molecule has 2 aliphatic rings. The Hall–Kier alpha value is -2.90. The molecular weight excluding hydrogens is 368 g/mol. The smallest absolute Gasteiger partial charge is 0.255 e. The first-order valence-corrected chi connectivity index (χ1v) is 10.3. The van der Waals surface area contributed by atoms with Gasteiger partial charge < -0.3 is 19.4 Å². The minimum atomic E-state index is 0.0126. The summed E-state index contributed by atoms with van der Waals surface area (Å²) in [6, 6.07) is 7.56. The van der Waals surface area contributed by atoms with Crippen molar-refractivity contribution in [1.82, 2.24) is 20.1 Å². The molecule has 8 heteroatoms. The average molecular weight is 396 g/mol. The number of aromatic nitrogens is 3. The Kier molecular flexibility index (Phi) is 5.78.